The van der Waals surface area contributed by atoms with E-state index in [1.165, 1.54) is 12.1 Å². The van der Waals surface area contributed by atoms with E-state index in [-0.39, 0.29) is 11.6 Å². The maximum Gasteiger partial charge on any atom is 0.278 e. The first kappa shape index (κ1) is 14.2. The van der Waals surface area contributed by atoms with E-state index in [0.717, 1.165) is 24.8 Å². The molecule has 1 aromatic heterocycles. The molecule has 1 amide bonds. The van der Waals surface area contributed by atoms with E-state index in [9.17, 15) is 14.9 Å². The molecule has 0 fully saturated rings. The zero-order valence-electron chi connectivity index (χ0n) is 12.2. The third-order valence-corrected chi connectivity index (χ3v) is 3.83. The second-order valence-electron chi connectivity index (χ2n) is 5.36. The summed E-state index contributed by atoms with van der Waals surface area (Å²) in [5, 5.41) is 15.1. The maximum atomic E-state index is 12.7. The van der Waals surface area contributed by atoms with Gasteiger partial charge in [0.2, 0.25) is 0 Å². The molecule has 0 atom stereocenters. The van der Waals surface area contributed by atoms with Crippen LogP contribution in [0.15, 0.2) is 30.5 Å². The molecule has 2 heterocycles. The Bertz CT molecular complexity index is 738. The molecule has 0 unspecified atom stereocenters. The molecular formula is C15H16N4O3. The number of hydrogen-bond acceptors (Lipinski definition) is 4. The smallest absolute Gasteiger partial charge is 0.278 e. The van der Waals surface area contributed by atoms with Gasteiger partial charge in [-0.2, -0.15) is 5.10 Å². The van der Waals surface area contributed by atoms with Crippen molar-refractivity contribution in [3.8, 4) is 0 Å². The molecule has 22 heavy (non-hydrogen) atoms. The van der Waals surface area contributed by atoms with E-state index in [1.54, 1.807) is 35.0 Å². The number of benzene rings is 1. The molecule has 0 N–H and O–H groups in total. The minimum Gasteiger partial charge on any atom is -0.306 e. The van der Waals surface area contributed by atoms with Gasteiger partial charge in [0.25, 0.3) is 11.6 Å². The number of amides is 1. The Kier molecular flexibility index (Phi) is 3.62. The molecule has 0 radical (unpaired) electrons. The first-order chi connectivity index (χ1) is 10.6. The quantitative estimate of drug-likeness (QED) is 0.629. The van der Waals surface area contributed by atoms with Gasteiger partial charge in [0.15, 0.2) is 5.69 Å². The van der Waals surface area contributed by atoms with E-state index >= 15 is 0 Å². The average molecular weight is 300 g/mol. The van der Waals surface area contributed by atoms with Gasteiger partial charge in [-0.25, -0.2) is 0 Å². The van der Waals surface area contributed by atoms with Crippen LogP contribution in [0.4, 0.5) is 11.4 Å². The maximum absolute atomic E-state index is 12.7. The topological polar surface area (TPSA) is 81.3 Å². The Balaban J connectivity index is 2.03. The predicted octanol–water partition coefficient (Wildman–Crippen LogP) is 2.31. The van der Waals surface area contributed by atoms with Crippen LogP contribution >= 0.6 is 0 Å². The number of carbonyl (C=O) groups excluding carboxylic acids is 1. The molecule has 3 rings (SSSR count). The fourth-order valence-corrected chi connectivity index (χ4v) is 2.71. The van der Waals surface area contributed by atoms with Crippen LogP contribution in [0.25, 0.3) is 0 Å². The van der Waals surface area contributed by atoms with Gasteiger partial charge in [-0.05, 0) is 30.9 Å². The number of rotatable bonds is 2. The highest BCUT2D eigenvalue weighted by Crippen LogP contribution is 2.31. The number of anilines is 1. The molecule has 1 aliphatic heterocycles. The van der Waals surface area contributed by atoms with Crippen molar-refractivity contribution in [3.63, 3.8) is 0 Å². The zero-order valence-corrected chi connectivity index (χ0v) is 12.2. The third-order valence-electron chi connectivity index (χ3n) is 3.83. The second kappa shape index (κ2) is 5.59. The first-order valence-corrected chi connectivity index (χ1v) is 7.15. The van der Waals surface area contributed by atoms with Gasteiger partial charge in [0.05, 0.1) is 10.6 Å². The SMILES string of the molecule is Cn1ccc(C(=O)N2CCCCc3ccc([N+](=O)[O-])cc32)n1. The van der Waals surface area contributed by atoms with Crippen molar-refractivity contribution in [1.82, 2.24) is 9.78 Å². The van der Waals surface area contributed by atoms with Gasteiger partial charge in [0, 0.05) is 31.9 Å². The fourth-order valence-electron chi connectivity index (χ4n) is 2.71. The lowest BCUT2D eigenvalue weighted by Gasteiger charge is -2.21. The Morgan fingerprint density at radius 1 is 1.32 bits per heavy atom. The van der Waals surface area contributed by atoms with Crippen LogP contribution in [0.2, 0.25) is 0 Å². The van der Waals surface area contributed by atoms with Crippen LogP contribution in [0.1, 0.15) is 28.9 Å². The van der Waals surface area contributed by atoms with Crippen LogP contribution in [0.3, 0.4) is 0 Å². The number of nitrogens with zero attached hydrogens (tertiary/aromatic N) is 4. The van der Waals surface area contributed by atoms with Crippen LogP contribution in [0.5, 0.6) is 0 Å². The number of aromatic nitrogens is 2. The van der Waals surface area contributed by atoms with Crippen molar-refractivity contribution in [2.45, 2.75) is 19.3 Å². The molecule has 7 nitrogen and oxygen atoms in total. The Morgan fingerprint density at radius 2 is 2.14 bits per heavy atom. The van der Waals surface area contributed by atoms with Crippen LogP contribution in [0, 0.1) is 10.1 Å². The van der Waals surface area contributed by atoms with Crippen LogP contribution in [-0.4, -0.2) is 27.2 Å². The van der Waals surface area contributed by atoms with Crippen molar-refractivity contribution in [3.05, 3.63) is 51.8 Å². The summed E-state index contributed by atoms with van der Waals surface area (Å²) >= 11 is 0. The van der Waals surface area contributed by atoms with Crippen molar-refractivity contribution >= 4 is 17.3 Å². The van der Waals surface area contributed by atoms with Crippen LogP contribution in [-0.2, 0) is 13.5 Å². The monoisotopic (exact) mass is 300 g/mol. The summed E-state index contributed by atoms with van der Waals surface area (Å²) in [7, 11) is 1.75. The number of fused-ring (bicyclic) bond motifs is 1. The molecule has 1 aliphatic rings. The summed E-state index contributed by atoms with van der Waals surface area (Å²) < 4.78 is 1.57. The van der Waals surface area contributed by atoms with E-state index in [0.29, 0.717) is 17.9 Å². The van der Waals surface area contributed by atoms with Crippen LogP contribution < -0.4 is 4.90 Å². The molecule has 0 saturated carbocycles. The Labute approximate surface area is 127 Å². The van der Waals surface area contributed by atoms with E-state index in [4.69, 9.17) is 0 Å². The minimum atomic E-state index is -0.436. The molecule has 114 valence electrons. The van der Waals surface area contributed by atoms with Crippen molar-refractivity contribution in [2.75, 3.05) is 11.4 Å². The molecule has 2 aromatic rings. The lowest BCUT2D eigenvalue weighted by Crippen LogP contribution is -2.32. The average Bonchev–Trinajstić information content (AvgIpc) is 2.82. The predicted molar refractivity (Wildman–Crippen MR) is 80.9 cm³/mol. The van der Waals surface area contributed by atoms with Crippen molar-refractivity contribution < 1.29 is 9.72 Å². The molecule has 0 saturated heterocycles. The standard InChI is InChI=1S/C15H16N4O3/c1-17-9-7-13(16-17)15(20)18-8-3-2-4-11-5-6-12(19(21)22)10-14(11)18/h5-7,9-10H,2-4,8H2,1H3. The van der Waals surface area contributed by atoms with Gasteiger partial charge >= 0.3 is 0 Å². The molecule has 7 heteroatoms. The van der Waals surface area contributed by atoms with Crippen molar-refractivity contribution in [2.24, 2.45) is 7.05 Å². The summed E-state index contributed by atoms with van der Waals surface area (Å²) in [5.74, 6) is -0.218. The number of aryl methyl sites for hydroxylation is 2. The number of nitro groups is 1. The van der Waals surface area contributed by atoms with E-state index < -0.39 is 4.92 Å². The van der Waals surface area contributed by atoms with Gasteiger partial charge in [0.1, 0.15) is 0 Å². The highest BCUT2D eigenvalue weighted by molar-refractivity contribution is 6.05. The molecule has 0 aliphatic carbocycles. The summed E-state index contributed by atoms with van der Waals surface area (Å²) in [6.45, 7) is 0.545. The summed E-state index contributed by atoms with van der Waals surface area (Å²) in [6, 6.07) is 6.39. The number of non-ortho nitro benzene ring substituents is 1. The van der Waals surface area contributed by atoms with E-state index in [2.05, 4.69) is 5.10 Å². The molecule has 0 bridgehead atoms. The normalized spacial score (nSPS) is 14.3. The highest BCUT2D eigenvalue weighted by atomic mass is 16.6. The largest absolute Gasteiger partial charge is 0.306 e. The van der Waals surface area contributed by atoms with Crippen molar-refractivity contribution in [1.29, 1.82) is 0 Å². The molecular weight excluding hydrogens is 284 g/mol. The zero-order chi connectivity index (χ0) is 15.7. The van der Waals surface area contributed by atoms with Gasteiger partial charge < -0.3 is 4.90 Å². The molecule has 1 aromatic carbocycles. The summed E-state index contributed by atoms with van der Waals surface area (Å²) in [6.07, 6.45) is 4.34. The summed E-state index contributed by atoms with van der Waals surface area (Å²) in [4.78, 5) is 24.9. The number of hydrogen-bond donors (Lipinski definition) is 0. The Morgan fingerprint density at radius 3 is 2.82 bits per heavy atom. The lowest BCUT2D eigenvalue weighted by atomic mass is 10.1. The van der Waals surface area contributed by atoms with E-state index in [1.807, 2.05) is 0 Å². The number of carbonyl (C=O) groups is 1. The van der Waals surface area contributed by atoms with Gasteiger partial charge in [-0.15, -0.1) is 0 Å². The van der Waals surface area contributed by atoms with Gasteiger partial charge in [-0.3, -0.25) is 19.6 Å². The third kappa shape index (κ3) is 2.57. The lowest BCUT2D eigenvalue weighted by molar-refractivity contribution is -0.384. The van der Waals surface area contributed by atoms with Gasteiger partial charge in [-0.1, -0.05) is 6.07 Å². The fraction of sp³-hybridized carbons (Fsp3) is 0.333. The number of nitro benzene ring substituents is 1. The highest BCUT2D eigenvalue weighted by Gasteiger charge is 2.25. The first-order valence-electron chi connectivity index (χ1n) is 7.15. The second-order valence-corrected chi connectivity index (χ2v) is 5.36. The Hall–Kier alpha value is -2.70. The summed E-state index contributed by atoms with van der Waals surface area (Å²) in [5.41, 5.74) is 1.94. The molecule has 0 spiro atoms. The minimum absolute atomic E-state index is 0.000490.